The van der Waals surface area contributed by atoms with Gasteiger partial charge in [-0.05, 0) is 33.6 Å². The molecule has 2 heterocycles. The van der Waals surface area contributed by atoms with Gasteiger partial charge in [-0.25, -0.2) is 0 Å². The van der Waals surface area contributed by atoms with Crippen LogP contribution in [-0.2, 0) is 26.2 Å². The van der Waals surface area contributed by atoms with Crippen LogP contribution < -0.4 is 5.73 Å². The second-order valence-electron chi connectivity index (χ2n) is 6.41. The largest absolute Gasteiger partial charge is 0.460 e. The average Bonchev–Trinajstić information content (AvgIpc) is 2.85. The highest BCUT2D eigenvalue weighted by Crippen LogP contribution is 2.25. The smallest absolute Gasteiger partial charge is 0.306 e. The zero-order valence-corrected chi connectivity index (χ0v) is 12.8. The highest BCUT2D eigenvalue weighted by atomic mass is 16.6. The summed E-state index contributed by atoms with van der Waals surface area (Å²) in [5, 5.41) is 3.92. The van der Waals surface area contributed by atoms with Gasteiger partial charge in [0.1, 0.15) is 11.1 Å². The van der Waals surface area contributed by atoms with Crippen molar-refractivity contribution < 1.29 is 18.8 Å². The highest BCUT2D eigenvalue weighted by Gasteiger charge is 2.35. The van der Waals surface area contributed by atoms with Crippen LogP contribution in [0.5, 0.6) is 0 Å². The standard InChI is InChI=1S/C14H23N3O4/c1-13(2,3)20-11(18)6-5-10-16-12(17-21-10)14(15)7-4-8-19-9-14/h4-9,15H2,1-3H3. The Morgan fingerprint density at radius 1 is 1.48 bits per heavy atom. The van der Waals surface area contributed by atoms with Crippen LogP contribution in [0.3, 0.4) is 0 Å². The molecule has 2 N–H and O–H groups in total. The van der Waals surface area contributed by atoms with E-state index >= 15 is 0 Å². The van der Waals surface area contributed by atoms with Gasteiger partial charge in [0.05, 0.1) is 13.0 Å². The molecular weight excluding hydrogens is 274 g/mol. The number of carbonyl (C=O) groups is 1. The average molecular weight is 297 g/mol. The number of rotatable bonds is 4. The molecule has 1 atom stereocenters. The lowest BCUT2D eigenvalue weighted by atomic mass is 9.93. The molecule has 1 aromatic heterocycles. The Morgan fingerprint density at radius 2 is 2.24 bits per heavy atom. The van der Waals surface area contributed by atoms with Crippen LogP contribution in [0.1, 0.15) is 51.7 Å². The lowest BCUT2D eigenvalue weighted by molar-refractivity contribution is -0.154. The number of carbonyl (C=O) groups excluding carboxylic acids is 1. The fourth-order valence-electron chi connectivity index (χ4n) is 2.15. The molecule has 1 unspecified atom stereocenters. The molecule has 1 saturated heterocycles. The second kappa shape index (κ2) is 6.11. The van der Waals surface area contributed by atoms with Crippen molar-refractivity contribution >= 4 is 5.97 Å². The monoisotopic (exact) mass is 297 g/mol. The van der Waals surface area contributed by atoms with Gasteiger partial charge < -0.3 is 19.7 Å². The Morgan fingerprint density at radius 3 is 2.86 bits per heavy atom. The Kier molecular flexibility index (Phi) is 4.63. The first-order valence-corrected chi connectivity index (χ1v) is 7.20. The van der Waals surface area contributed by atoms with Crippen LogP contribution in [0.25, 0.3) is 0 Å². The second-order valence-corrected chi connectivity index (χ2v) is 6.41. The molecule has 0 spiro atoms. The van der Waals surface area contributed by atoms with E-state index in [2.05, 4.69) is 10.1 Å². The van der Waals surface area contributed by atoms with Gasteiger partial charge >= 0.3 is 5.97 Å². The zero-order chi connectivity index (χ0) is 15.5. The van der Waals surface area contributed by atoms with Gasteiger partial charge in [0.25, 0.3) is 0 Å². The van der Waals surface area contributed by atoms with Crippen LogP contribution in [-0.4, -0.2) is 34.9 Å². The lowest BCUT2D eigenvalue weighted by Gasteiger charge is -2.29. The van der Waals surface area contributed by atoms with E-state index < -0.39 is 11.1 Å². The van der Waals surface area contributed by atoms with Crippen molar-refractivity contribution in [3.63, 3.8) is 0 Å². The molecule has 0 aliphatic carbocycles. The topological polar surface area (TPSA) is 100 Å². The van der Waals surface area contributed by atoms with Crippen molar-refractivity contribution in [3.8, 4) is 0 Å². The van der Waals surface area contributed by atoms with Gasteiger partial charge in [0, 0.05) is 13.0 Å². The van der Waals surface area contributed by atoms with Crippen molar-refractivity contribution in [2.75, 3.05) is 13.2 Å². The molecule has 0 aromatic carbocycles. The number of nitrogens with two attached hydrogens (primary N) is 1. The van der Waals surface area contributed by atoms with E-state index in [-0.39, 0.29) is 12.4 Å². The SMILES string of the molecule is CC(C)(C)OC(=O)CCc1nc(C2(N)CCCOC2)no1. The molecule has 1 aromatic rings. The molecule has 1 aliphatic heterocycles. The third-order valence-electron chi connectivity index (χ3n) is 3.15. The number of ether oxygens (including phenoxy) is 2. The minimum atomic E-state index is -0.689. The molecule has 7 heteroatoms. The van der Waals surface area contributed by atoms with Gasteiger partial charge in [-0.3, -0.25) is 4.79 Å². The summed E-state index contributed by atoms with van der Waals surface area (Å²) in [5.41, 5.74) is 5.05. The van der Waals surface area contributed by atoms with Gasteiger partial charge in [-0.2, -0.15) is 4.98 Å². The van der Waals surface area contributed by atoms with Gasteiger partial charge in [-0.1, -0.05) is 5.16 Å². The van der Waals surface area contributed by atoms with Crippen molar-refractivity contribution in [3.05, 3.63) is 11.7 Å². The minimum absolute atomic E-state index is 0.201. The molecular formula is C14H23N3O4. The molecule has 2 rings (SSSR count). The Hall–Kier alpha value is -1.47. The molecule has 21 heavy (non-hydrogen) atoms. The van der Waals surface area contributed by atoms with E-state index in [0.29, 0.717) is 31.3 Å². The van der Waals surface area contributed by atoms with Crippen molar-refractivity contribution in [1.82, 2.24) is 10.1 Å². The van der Waals surface area contributed by atoms with Crippen molar-refractivity contribution in [1.29, 1.82) is 0 Å². The molecule has 0 saturated carbocycles. The normalized spacial score (nSPS) is 23.0. The quantitative estimate of drug-likeness (QED) is 0.836. The predicted molar refractivity (Wildman–Crippen MR) is 74.4 cm³/mol. The third kappa shape index (κ3) is 4.50. The number of aryl methyl sites for hydroxylation is 1. The molecule has 0 radical (unpaired) electrons. The first kappa shape index (κ1) is 15.9. The van der Waals surface area contributed by atoms with Crippen LogP contribution in [0.4, 0.5) is 0 Å². The van der Waals surface area contributed by atoms with Crippen LogP contribution in [0, 0.1) is 0 Å². The van der Waals surface area contributed by atoms with E-state index in [4.69, 9.17) is 19.7 Å². The summed E-state index contributed by atoms with van der Waals surface area (Å²) in [7, 11) is 0. The highest BCUT2D eigenvalue weighted by molar-refractivity contribution is 5.70. The van der Waals surface area contributed by atoms with E-state index in [9.17, 15) is 4.79 Å². The van der Waals surface area contributed by atoms with E-state index in [1.54, 1.807) is 0 Å². The number of aromatic nitrogens is 2. The van der Waals surface area contributed by atoms with Gasteiger partial charge in [0.15, 0.2) is 5.82 Å². The Balaban J connectivity index is 1.90. The van der Waals surface area contributed by atoms with E-state index in [0.717, 1.165) is 12.8 Å². The van der Waals surface area contributed by atoms with Gasteiger partial charge in [-0.15, -0.1) is 0 Å². The molecule has 1 fully saturated rings. The van der Waals surface area contributed by atoms with Gasteiger partial charge in [0.2, 0.25) is 5.89 Å². The Bertz CT molecular complexity index is 487. The summed E-state index contributed by atoms with van der Waals surface area (Å²) in [4.78, 5) is 15.9. The molecule has 0 bridgehead atoms. The number of hydrogen-bond donors (Lipinski definition) is 1. The molecule has 0 amide bonds. The molecule has 7 nitrogen and oxygen atoms in total. The summed E-state index contributed by atoms with van der Waals surface area (Å²) in [6, 6.07) is 0. The number of nitrogens with zero attached hydrogens (tertiary/aromatic N) is 2. The van der Waals surface area contributed by atoms with Crippen molar-refractivity contribution in [2.24, 2.45) is 5.73 Å². The van der Waals surface area contributed by atoms with E-state index in [1.807, 2.05) is 20.8 Å². The lowest BCUT2D eigenvalue weighted by Crippen LogP contribution is -2.45. The maximum absolute atomic E-state index is 11.6. The number of hydrogen-bond acceptors (Lipinski definition) is 7. The molecule has 1 aliphatic rings. The number of esters is 1. The zero-order valence-electron chi connectivity index (χ0n) is 12.8. The first-order valence-electron chi connectivity index (χ1n) is 7.20. The first-order chi connectivity index (χ1) is 9.78. The van der Waals surface area contributed by atoms with Crippen LogP contribution in [0.15, 0.2) is 4.52 Å². The van der Waals surface area contributed by atoms with E-state index in [1.165, 1.54) is 0 Å². The predicted octanol–water partition coefficient (Wildman–Crippen LogP) is 1.31. The third-order valence-corrected chi connectivity index (χ3v) is 3.15. The summed E-state index contributed by atoms with van der Waals surface area (Å²) in [6.07, 6.45) is 2.18. The Labute approximate surface area is 124 Å². The van der Waals surface area contributed by atoms with Crippen molar-refractivity contribution in [2.45, 2.75) is 57.6 Å². The molecule has 118 valence electrons. The fraction of sp³-hybridized carbons (Fsp3) is 0.786. The summed E-state index contributed by atoms with van der Waals surface area (Å²) in [6.45, 7) is 6.59. The fourth-order valence-corrected chi connectivity index (χ4v) is 2.15. The minimum Gasteiger partial charge on any atom is -0.460 e. The van der Waals surface area contributed by atoms with Crippen LogP contribution in [0.2, 0.25) is 0 Å². The van der Waals surface area contributed by atoms with Crippen LogP contribution >= 0.6 is 0 Å². The summed E-state index contributed by atoms with van der Waals surface area (Å²) < 4.78 is 15.8. The maximum Gasteiger partial charge on any atom is 0.306 e. The summed E-state index contributed by atoms with van der Waals surface area (Å²) >= 11 is 0. The summed E-state index contributed by atoms with van der Waals surface area (Å²) in [5.74, 6) is 0.554. The maximum atomic E-state index is 11.6.